The third-order valence-electron chi connectivity index (χ3n) is 3.89. The summed E-state index contributed by atoms with van der Waals surface area (Å²) in [7, 11) is 1.61. The molecule has 0 amide bonds. The van der Waals surface area contributed by atoms with Crippen molar-refractivity contribution in [3.8, 4) is 22.9 Å². The summed E-state index contributed by atoms with van der Waals surface area (Å²) in [5, 5.41) is 0.159. The summed E-state index contributed by atoms with van der Waals surface area (Å²) in [6.07, 6.45) is 1.60. The molecule has 6 nitrogen and oxygen atoms in total. The van der Waals surface area contributed by atoms with Gasteiger partial charge in [-0.05, 0) is 29.3 Å². The molecule has 0 unspecified atom stereocenters. The molecule has 26 heavy (non-hydrogen) atoms. The summed E-state index contributed by atoms with van der Waals surface area (Å²) < 4.78 is 11.4. The van der Waals surface area contributed by atoms with E-state index in [9.17, 15) is 0 Å². The van der Waals surface area contributed by atoms with Gasteiger partial charge in [0.05, 0.1) is 18.9 Å². The van der Waals surface area contributed by atoms with Crippen molar-refractivity contribution >= 4 is 22.8 Å². The number of nitrogens with zero attached hydrogens (tertiary/aromatic N) is 3. The highest BCUT2D eigenvalue weighted by Gasteiger charge is 2.13. The summed E-state index contributed by atoms with van der Waals surface area (Å²) in [6.45, 7) is 0.488. The largest absolute Gasteiger partial charge is 0.496 e. The lowest BCUT2D eigenvalue weighted by Gasteiger charge is -2.10. The number of fused-ring (bicyclic) bond motifs is 1. The molecule has 0 radical (unpaired) electrons. The maximum Gasteiger partial charge on any atom is 0.224 e. The molecular weight excluding hydrogens is 352 g/mol. The molecule has 4 aromatic rings. The summed E-state index contributed by atoms with van der Waals surface area (Å²) in [4.78, 5) is 15.7. The molecule has 2 aromatic heterocycles. The monoisotopic (exact) mass is 366 g/mol. The molecule has 7 heteroatoms. The molecule has 1 N–H and O–H groups in total. The number of methoxy groups -OCH3 is 1. The van der Waals surface area contributed by atoms with Crippen molar-refractivity contribution in [2.75, 3.05) is 7.11 Å². The van der Waals surface area contributed by atoms with E-state index in [1.165, 1.54) is 0 Å². The molecule has 0 fully saturated rings. The van der Waals surface area contributed by atoms with Gasteiger partial charge in [-0.1, -0.05) is 30.3 Å². The highest BCUT2D eigenvalue weighted by atomic mass is 35.5. The van der Waals surface area contributed by atoms with Crippen molar-refractivity contribution < 1.29 is 9.47 Å². The standard InChI is InChI=1S/C19H15ClN4O2/c1-25-16-9-13(26-11-12-5-3-2-4-6-12)7-8-14(16)17-22-15-10-21-19(20)24-18(15)23-17/h2-10H,11H2,1H3,(H,21,22,23,24). The van der Waals surface area contributed by atoms with E-state index >= 15 is 0 Å². The first-order chi connectivity index (χ1) is 12.7. The van der Waals surface area contributed by atoms with Gasteiger partial charge >= 0.3 is 0 Å². The first-order valence-electron chi connectivity index (χ1n) is 7.96. The number of nitrogens with one attached hydrogen (secondary N) is 1. The van der Waals surface area contributed by atoms with Gasteiger partial charge in [0.1, 0.15) is 29.4 Å². The van der Waals surface area contributed by atoms with Crippen LogP contribution in [0.3, 0.4) is 0 Å². The number of halogens is 1. The van der Waals surface area contributed by atoms with E-state index in [2.05, 4.69) is 19.9 Å². The Bertz CT molecular complexity index is 1050. The second kappa shape index (κ2) is 7.01. The third kappa shape index (κ3) is 3.32. The van der Waals surface area contributed by atoms with Gasteiger partial charge < -0.3 is 14.5 Å². The predicted octanol–water partition coefficient (Wildman–Crippen LogP) is 4.26. The number of aromatic amines is 1. The van der Waals surface area contributed by atoms with E-state index in [1.54, 1.807) is 13.3 Å². The Morgan fingerprint density at radius 1 is 1.08 bits per heavy atom. The summed E-state index contributed by atoms with van der Waals surface area (Å²) in [5.41, 5.74) is 3.11. The van der Waals surface area contributed by atoms with E-state index in [0.29, 0.717) is 35.1 Å². The fraction of sp³-hybridized carbons (Fsp3) is 0.105. The first-order valence-corrected chi connectivity index (χ1v) is 8.34. The minimum absolute atomic E-state index is 0.159. The van der Waals surface area contributed by atoms with Crippen LogP contribution in [0, 0.1) is 0 Å². The minimum Gasteiger partial charge on any atom is -0.496 e. The molecule has 2 aromatic carbocycles. The minimum atomic E-state index is 0.159. The van der Waals surface area contributed by atoms with E-state index in [4.69, 9.17) is 21.1 Å². The molecule has 4 rings (SSSR count). The number of aromatic nitrogens is 4. The normalized spacial score (nSPS) is 10.8. The smallest absolute Gasteiger partial charge is 0.224 e. The highest BCUT2D eigenvalue weighted by Crippen LogP contribution is 2.32. The average molecular weight is 367 g/mol. The highest BCUT2D eigenvalue weighted by molar-refractivity contribution is 6.28. The molecular formula is C19H15ClN4O2. The molecule has 0 atom stereocenters. The lowest BCUT2D eigenvalue weighted by Crippen LogP contribution is -1.96. The van der Waals surface area contributed by atoms with E-state index < -0.39 is 0 Å². The maximum atomic E-state index is 5.85. The topological polar surface area (TPSA) is 72.9 Å². The average Bonchev–Trinajstić information content (AvgIpc) is 3.09. The summed E-state index contributed by atoms with van der Waals surface area (Å²) in [6, 6.07) is 15.6. The van der Waals surface area contributed by atoms with Crippen molar-refractivity contribution in [2.24, 2.45) is 0 Å². The number of hydrogen-bond acceptors (Lipinski definition) is 5. The summed E-state index contributed by atoms with van der Waals surface area (Å²) in [5.74, 6) is 1.99. The van der Waals surface area contributed by atoms with Crippen molar-refractivity contribution in [2.45, 2.75) is 6.61 Å². The van der Waals surface area contributed by atoms with Gasteiger partial charge in [-0.3, -0.25) is 0 Å². The Morgan fingerprint density at radius 3 is 2.73 bits per heavy atom. The Labute approximate surface area is 154 Å². The lowest BCUT2D eigenvalue weighted by molar-refractivity contribution is 0.304. The van der Waals surface area contributed by atoms with Gasteiger partial charge in [-0.15, -0.1) is 0 Å². The fourth-order valence-corrected chi connectivity index (χ4v) is 2.74. The first kappa shape index (κ1) is 16.4. The van der Waals surface area contributed by atoms with E-state index in [-0.39, 0.29) is 5.28 Å². The molecule has 0 saturated heterocycles. The van der Waals surface area contributed by atoms with E-state index in [1.807, 2.05) is 48.5 Å². The van der Waals surface area contributed by atoms with Crippen LogP contribution in [0.1, 0.15) is 5.56 Å². The zero-order valence-electron chi connectivity index (χ0n) is 13.9. The van der Waals surface area contributed by atoms with Crippen LogP contribution in [0.5, 0.6) is 11.5 Å². The molecule has 0 saturated carbocycles. The maximum absolute atomic E-state index is 5.85. The Morgan fingerprint density at radius 2 is 1.92 bits per heavy atom. The number of rotatable bonds is 5. The van der Waals surface area contributed by atoms with Gasteiger partial charge in [0.25, 0.3) is 0 Å². The SMILES string of the molecule is COc1cc(OCc2ccccc2)ccc1-c1nc2nc(Cl)ncc2[nH]1. The zero-order chi connectivity index (χ0) is 17.9. The van der Waals surface area contributed by atoms with Crippen molar-refractivity contribution in [3.05, 3.63) is 65.6 Å². The molecule has 0 aliphatic heterocycles. The predicted molar refractivity (Wildman–Crippen MR) is 99.5 cm³/mol. The van der Waals surface area contributed by atoms with Crippen LogP contribution < -0.4 is 9.47 Å². The van der Waals surface area contributed by atoms with Gasteiger partial charge in [0.2, 0.25) is 5.28 Å². The van der Waals surface area contributed by atoms with Crippen molar-refractivity contribution in [3.63, 3.8) is 0 Å². The van der Waals surface area contributed by atoms with Crippen molar-refractivity contribution in [1.82, 2.24) is 19.9 Å². The Balaban J connectivity index is 1.62. The number of imidazole rings is 1. The van der Waals surface area contributed by atoms with Gasteiger partial charge in [-0.25, -0.2) is 9.97 Å². The number of benzene rings is 2. The van der Waals surface area contributed by atoms with Crippen LogP contribution >= 0.6 is 11.6 Å². The van der Waals surface area contributed by atoms with Gasteiger partial charge in [0, 0.05) is 6.07 Å². The molecule has 130 valence electrons. The van der Waals surface area contributed by atoms with Gasteiger partial charge in [-0.2, -0.15) is 4.98 Å². The quantitative estimate of drug-likeness (QED) is 0.534. The second-order valence-electron chi connectivity index (χ2n) is 5.60. The Kier molecular flexibility index (Phi) is 4.41. The second-order valence-corrected chi connectivity index (χ2v) is 5.94. The number of ether oxygens (including phenoxy) is 2. The fourth-order valence-electron chi connectivity index (χ4n) is 2.61. The molecule has 2 heterocycles. The summed E-state index contributed by atoms with van der Waals surface area (Å²) >= 11 is 5.82. The van der Waals surface area contributed by atoms with Crippen LogP contribution in [0.2, 0.25) is 5.28 Å². The molecule has 0 bridgehead atoms. The van der Waals surface area contributed by atoms with Gasteiger partial charge in [0.15, 0.2) is 5.65 Å². The van der Waals surface area contributed by atoms with Crippen LogP contribution in [-0.2, 0) is 6.61 Å². The number of hydrogen-bond donors (Lipinski definition) is 1. The molecule has 0 aliphatic carbocycles. The van der Waals surface area contributed by atoms with Crippen LogP contribution in [0.25, 0.3) is 22.6 Å². The third-order valence-corrected chi connectivity index (χ3v) is 4.07. The van der Waals surface area contributed by atoms with E-state index in [0.717, 1.165) is 11.1 Å². The van der Waals surface area contributed by atoms with Crippen LogP contribution in [0.15, 0.2) is 54.7 Å². The lowest BCUT2D eigenvalue weighted by atomic mass is 10.2. The zero-order valence-corrected chi connectivity index (χ0v) is 14.7. The molecule has 0 aliphatic rings. The Hall–Kier alpha value is -3.12. The van der Waals surface area contributed by atoms with Crippen LogP contribution in [0.4, 0.5) is 0 Å². The van der Waals surface area contributed by atoms with Crippen LogP contribution in [-0.4, -0.2) is 27.0 Å². The molecule has 0 spiro atoms. The number of H-pyrrole nitrogens is 1. The van der Waals surface area contributed by atoms with Crippen molar-refractivity contribution in [1.29, 1.82) is 0 Å².